The van der Waals surface area contributed by atoms with Crippen molar-refractivity contribution in [1.82, 2.24) is 4.90 Å². The van der Waals surface area contributed by atoms with Gasteiger partial charge in [-0.05, 0) is 6.42 Å². The number of likely N-dealkylation sites (tertiary alicyclic amines) is 1. The molecule has 0 radical (unpaired) electrons. The highest BCUT2D eigenvalue weighted by atomic mass is 79.9. The third-order valence-corrected chi connectivity index (χ3v) is 2.58. The lowest BCUT2D eigenvalue weighted by Crippen LogP contribution is -2.32. The van der Waals surface area contributed by atoms with Gasteiger partial charge in [0, 0.05) is 17.9 Å². The average Bonchev–Trinajstić information content (AvgIpc) is 2.31. The van der Waals surface area contributed by atoms with Crippen molar-refractivity contribution < 1.29 is 18.0 Å². The van der Waals surface area contributed by atoms with E-state index in [1.807, 2.05) is 0 Å². The zero-order valence-corrected chi connectivity index (χ0v) is 8.36. The lowest BCUT2D eigenvalue weighted by Gasteiger charge is -2.16. The molecule has 76 valence electrons. The second-order valence-corrected chi connectivity index (χ2v) is 4.31. The molecular weight excluding hydrogens is 251 g/mol. The molecule has 1 heterocycles. The van der Waals surface area contributed by atoms with E-state index < -0.39 is 18.5 Å². The van der Waals surface area contributed by atoms with Gasteiger partial charge in [-0.2, -0.15) is 13.2 Å². The monoisotopic (exact) mass is 259 g/mol. The molecule has 1 atom stereocenters. The number of carbonyl (C=O) groups excluding carboxylic acids is 1. The topological polar surface area (TPSA) is 20.3 Å². The molecule has 1 aliphatic heterocycles. The predicted molar refractivity (Wildman–Crippen MR) is 44.6 cm³/mol. The van der Waals surface area contributed by atoms with E-state index in [2.05, 4.69) is 15.9 Å². The summed E-state index contributed by atoms with van der Waals surface area (Å²) in [5.41, 5.74) is 0. The van der Waals surface area contributed by atoms with Crippen LogP contribution in [0.4, 0.5) is 13.2 Å². The quantitative estimate of drug-likeness (QED) is 0.660. The molecule has 2 nitrogen and oxygen atoms in total. The number of alkyl halides is 4. The highest BCUT2D eigenvalue weighted by molar-refractivity contribution is 9.09. The van der Waals surface area contributed by atoms with Crippen LogP contribution in [0, 0.1) is 0 Å². The van der Waals surface area contributed by atoms with E-state index in [-0.39, 0.29) is 4.83 Å². The Morgan fingerprint density at radius 3 is 2.54 bits per heavy atom. The molecule has 0 bridgehead atoms. The summed E-state index contributed by atoms with van der Waals surface area (Å²) in [6, 6.07) is 0. The van der Waals surface area contributed by atoms with Gasteiger partial charge in [-0.25, -0.2) is 0 Å². The maximum atomic E-state index is 11.8. The fourth-order valence-electron chi connectivity index (χ4n) is 1.23. The van der Waals surface area contributed by atoms with E-state index in [1.165, 1.54) is 4.90 Å². The molecule has 13 heavy (non-hydrogen) atoms. The molecule has 0 aliphatic carbocycles. The summed E-state index contributed by atoms with van der Waals surface area (Å²) >= 11 is 3.25. The minimum absolute atomic E-state index is 0.143. The Morgan fingerprint density at radius 2 is 2.15 bits per heavy atom. The van der Waals surface area contributed by atoms with Crippen LogP contribution in [-0.4, -0.2) is 34.9 Å². The van der Waals surface area contributed by atoms with Gasteiger partial charge in [0.2, 0.25) is 5.91 Å². The molecule has 0 saturated carbocycles. The van der Waals surface area contributed by atoms with Crippen LogP contribution in [0.15, 0.2) is 0 Å². The fraction of sp³-hybridized carbons (Fsp3) is 0.857. The Hall–Kier alpha value is -0.260. The average molecular weight is 260 g/mol. The van der Waals surface area contributed by atoms with Crippen molar-refractivity contribution >= 4 is 21.8 Å². The highest BCUT2D eigenvalue weighted by Gasteiger charge is 2.35. The number of amides is 1. The first kappa shape index (κ1) is 10.8. The normalized spacial score (nSPS) is 23.7. The van der Waals surface area contributed by atoms with Gasteiger partial charge in [0.15, 0.2) is 0 Å². The minimum atomic E-state index is -4.39. The van der Waals surface area contributed by atoms with Crippen molar-refractivity contribution in [1.29, 1.82) is 0 Å². The number of halogens is 4. The molecule has 0 N–H and O–H groups in total. The fourth-order valence-corrected chi connectivity index (χ4v) is 1.78. The molecule has 0 spiro atoms. The number of carbonyl (C=O) groups is 1. The molecule has 6 heteroatoms. The van der Waals surface area contributed by atoms with Crippen LogP contribution < -0.4 is 0 Å². The number of nitrogens with zero attached hydrogens (tertiary/aromatic N) is 1. The Bertz CT molecular complexity index is 206. The molecule has 1 fully saturated rings. The third-order valence-electron chi connectivity index (χ3n) is 1.84. The first-order valence-corrected chi connectivity index (χ1v) is 4.78. The van der Waals surface area contributed by atoms with E-state index in [0.717, 1.165) is 6.42 Å². The lowest BCUT2D eigenvalue weighted by molar-refractivity contribution is -0.160. The van der Waals surface area contributed by atoms with E-state index in [4.69, 9.17) is 0 Å². The van der Waals surface area contributed by atoms with Crippen LogP contribution in [-0.2, 0) is 4.79 Å². The number of hydrogen-bond donors (Lipinski definition) is 0. The maximum absolute atomic E-state index is 11.8. The van der Waals surface area contributed by atoms with Gasteiger partial charge in [-0.1, -0.05) is 15.9 Å². The Kier molecular flexibility index (Phi) is 3.21. The van der Waals surface area contributed by atoms with Crippen molar-refractivity contribution in [3.05, 3.63) is 0 Å². The van der Waals surface area contributed by atoms with Gasteiger partial charge in [0.05, 0.1) is 0 Å². The molecule has 0 aromatic carbocycles. The second kappa shape index (κ2) is 3.86. The third kappa shape index (κ3) is 3.54. The van der Waals surface area contributed by atoms with E-state index in [0.29, 0.717) is 13.1 Å². The summed E-state index contributed by atoms with van der Waals surface area (Å²) in [7, 11) is 0. The lowest BCUT2D eigenvalue weighted by atomic mass is 10.3. The summed E-state index contributed by atoms with van der Waals surface area (Å²) in [6.45, 7) is 0.805. The summed E-state index contributed by atoms with van der Waals surface area (Å²) in [5, 5.41) is 0. The zero-order valence-electron chi connectivity index (χ0n) is 6.77. The van der Waals surface area contributed by atoms with Crippen molar-refractivity contribution in [3.63, 3.8) is 0 Å². The van der Waals surface area contributed by atoms with Crippen molar-refractivity contribution in [2.24, 2.45) is 0 Å². The largest absolute Gasteiger partial charge is 0.397 e. The molecule has 0 aromatic rings. The Balaban J connectivity index is 2.41. The molecular formula is C7H9BrF3NO. The van der Waals surface area contributed by atoms with Gasteiger partial charge < -0.3 is 4.90 Å². The number of hydrogen-bond acceptors (Lipinski definition) is 1. The van der Waals surface area contributed by atoms with Crippen LogP contribution in [0.3, 0.4) is 0 Å². The second-order valence-electron chi connectivity index (χ2n) is 3.02. The van der Waals surface area contributed by atoms with Crippen molar-refractivity contribution in [2.45, 2.75) is 23.8 Å². The highest BCUT2D eigenvalue weighted by Crippen LogP contribution is 2.23. The standard InChI is InChI=1S/C7H9BrF3NO/c8-5-1-2-12(4-5)6(13)3-7(9,10)11/h5H,1-4H2. The first-order valence-electron chi connectivity index (χ1n) is 3.87. The molecule has 1 amide bonds. The van der Waals surface area contributed by atoms with Crippen LogP contribution in [0.25, 0.3) is 0 Å². The zero-order chi connectivity index (χ0) is 10.1. The summed E-state index contributed by atoms with van der Waals surface area (Å²) < 4.78 is 35.4. The minimum Gasteiger partial charge on any atom is -0.341 e. The Morgan fingerprint density at radius 1 is 1.54 bits per heavy atom. The molecule has 1 saturated heterocycles. The summed E-state index contributed by atoms with van der Waals surface area (Å²) in [6.07, 6.45) is -5.00. The first-order chi connectivity index (χ1) is 5.88. The molecule has 1 aliphatic rings. The van der Waals surface area contributed by atoms with Gasteiger partial charge in [0.1, 0.15) is 6.42 Å². The smallest absolute Gasteiger partial charge is 0.341 e. The summed E-state index contributed by atoms with van der Waals surface area (Å²) in [4.78, 5) is 12.4. The van der Waals surface area contributed by atoms with Crippen LogP contribution in [0.1, 0.15) is 12.8 Å². The van der Waals surface area contributed by atoms with Crippen molar-refractivity contribution in [3.8, 4) is 0 Å². The number of rotatable bonds is 1. The van der Waals surface area contributed by atoms with E-state index in [9.17, 15) is 18.0 Å². The van der Waals surface area contributed by atoms with Gasteiger partial charge >= 0.3 is 6.18 Å². The van der Waals surface area contributed by atoms with Crippen LogP contribution in [0.5, 0.6) is 0 Å². The summed E-state index contributed by atoms with van der Waals surface area (Å²) in [5.74, 6) is -0.825. The SMILES string of the molecule is O=C(CC(F)(F)F)N1CCC(Br)C1. The molecule has 1 unspecified atom stereocenters. The van der Waals surface area contributed by atoms with Crippen LogP contribution >= 0.6 is 15.9 Å². The van der Waals surface area contributed by atoms with Crippen LogP contribution in [0.2, 0.25) is 0 Å². The van der Waals surface area contributed by atoms with Gasteiger partial charge in [0.25, 0.3) is 0 Å². The Labute approximate surface area is 82.2 Å². The van der Waals surface area contributed by atoms with E-state index >= 15 is 0 Å². The molecule has 1 rings (SSSR count). The van der Waals surface area contributed by atoms with Crippen molar-refractivity contribution in [2.75, 3.05) is 13.1 Å². The van der Waals surface area contributed by atoms with Gasteiger partial charge in [-0.15, -0.1) is 0 Å². The predicted octanol–water partition coefficient (Wildman–Crippen LogP) is 1.93. The van der Waals surface area contributed by atoms with Gasteiger partial charge in [-0.3, -0.25) is 4.79 Å². The van der Waals surface area contributed by atoms with E-state index in [1.54, 1.807) is 0 Å². The molecule has 0 aromatic heterocycles. The maximum Gasteiger partial charge on any atom is 0.397 e.